The monoisotopic (exact) mass is 392 g/mol. The Hall–Kier alpha value is -3.06. The Kier molecular flexibility index (Phi) is 4.16. The van der Waals surface area contributed by atoms with E-state index >= 15 is 0 Å². The van der Waals surface area contributed by atoms with Crippen molar-refractivity contribution >= 4 is 38.4 Å². The number of nitrogens with zero attached hydrogens (tertiary/aromatic N) is 2. The minimum absolute atomic E-state index is 0.103. The molecule has 3 aromatic rings. The molecule has 1 aromatic heterocycles. The van der Waals surface area contributed by atoms with Gasteiger partial charge in [0.15, 0.2) is 10.9 Å². The van der Waals surface area contributed by atoms with Crippen molar-refractivity contribution in [2.24, 2.45) is 4.99 Å². The van der Waals surface area contributed by atoms with Gasteiger partial charge in [-0.3, -0.25) is 4.79 Å². The maximum Gasteiger partial charge on any atom is 0.202 e. The van der Waals surface area contributed by atoms with E-state index in [0.29, 0.717) is 18.0 Å². The zero-order valence-electron chi connectivity index (χ0n) is 14.9. The molecule has 2 aromatic carbocycles. The van der Waals surface area contributed by atoms with E-state index in [2.05, 4.69) is 15.6 Å². The summed E-state index contributed by atoms with van der Waals surface area (Å²) in [6, 6.07) is 13.7. The second kappa shape index (κ2) is 6.83. The highest BCUT2D eigenvalue weighted by molar-refractivity contribution is 7.22. The Labute approximate surface area is 165 Å². The normalized spacial score (nSPS) is 19.2. The number of benzene rings is 2. The fraction of sp³-hybridized carbons (Fsp3) is 0.190. The molecule has 0 saturated heterocycles. The van der Waals surface area contributed by atoms with E-state index in [1.165, 1.54) is 12.1 Å². The number of guanidine groups is 1. The van der Waals surface area contributed by atoms with Crippen LogP contribution in [0.15, 0.2) is 64.8 Å². The van der Waals surface area contributed by atoms with E-state index in [4.69, 9.17) is 4.99 Å². The first-order valence-electron chi connectivity index (χ1n) is 9.16. The lowest BCUT2D eigenvalue weighted by molar-refractivity contribution is -0.116. The number of carbonyl (C=O) groups is 1. The number of fused-ring (bicyclic) bond motifs is 1. The Morgan fingerprint density at radius 2 is 1.93 bits per heavy atom. The van der Waals surface area contributed by atoms with Crippen LogP contribution in [0.4, 0.5) is 9.52 Å². The molecular formula is C21H17FN4OS. The summed E-state index contributed by atoms with van der Waals surface area (Å²) in [5.41, 5.74) is 3.31. The Morgan fingerprint density at radius 1 is 1.11 bits per heavy atom. The third-order valence-electron chi connectivity index (χ3n) is 4.96. The Morgan fingerprint density at radius 3 is 2.75 bits per heavy atom. The fourth-order valence-electron chi connectivity index (χ4n) is 3.66. The summed E-state index contributed by atoms with van der Waals surface area (Å²) in [7, 11) is 0. The lowest BCUT2D eigenvalue weighted by Gasteiger charge is -2.30. The van der Waals surface area contributed by atoms with Crippen LogP contribution in [-0.2, 0) is 4.79 Å². The number of hydrogen-bond donors (Lipinski definition) is 2. The van der Waals surface area contributed by atoms with Crippen LogP contribution >= 0.6 is 11.3 Å². The second-order valence-corrected chi connectivity index (χ2v) is 7.87. The highest BCUT2D eigenvalue weighted by Gasteiger charge is 2.32. The average molecular weight is 392 g/mol. The molecule has 140 valence electrons. The molecule has 1 aliphatic carbocycles. The van der Waals surface area contributed by atoms with Crippen LogP contribution in [0.1, 0.15) is 30.9 Å². The van der Waals surface area contributed by atoms with Gasteiger partial charge < -0.3 is 10.6 Å². The molecule has 2 heterocycles. The minimum atomic E-state index is -0.443. The maximum atomic E-state index is 13.4. The number of aliphatic imine (C=N–C) groups is 1. The number of nitrogens with one attached hydrogen (secondary N) is 2. The number of aromatic nitrogens is 1. The molecule has 1 atom stereocenters. The standard InChI is InChI=1S/C21H17FN4OS/c22-13-10-8-12(9-11-13)19-18-15(5-3-6-16(18)27)23-20(25-19)26-21-24-14-4-1-2-7-17(14)28-21/h1-2,4,7-11,19H,3,5-6H2,(H2,23,24,25,26)/t19-/m0/s1. The molecule has 0 fully saturated rings. The van der Waals surface area contributed by atoms with Gasteiger partial charge in [0.2, 0.25) is 5.96 Å². The van der Waals surface area contributed by atoms with Crippen LogP contribution in [0.25, 0.3) is 10.2 Å². The lowest BCUT2D eigenvalue weighted by atomic mass is 9.86. The molecule has 28 heavy (non-hydrogen) atoms. The minimum Gasteiger partial charge on any atom is -0.329 e. The number of rotatable bonds is 2. The summed E-state index contributed by atoms with van der Waals surface area (Å²) in [5, 5.41) is 7.27. The van der Waals surface area contributed by atoms with Crippen molar-refractivity contribution < 1.29 is 9.18 Å². The molecule has 0 saturated carbocycles. The zero-order chi connectivity index (χ0) is 19.1. The van der Waals surface area contributed by atoms with Crippen LogP contribution in [-0.4, -0.2) is 16.7 Å². The van der Waals surface area contributed by atoms with Crippen molar-refractivity contribution in [1.29, 1.82) is 0 Å². The average Bonchev–Trinajstić information content (AvgIpc) is 3.10. The Balaban J connectivity index is 1.52. The SMILES string of the molecule is O=C1CCCC2=C1[C@H](c1ccc(F)cc1)N=C(Nc1nc3ccccc3s1)N2. The van der Waals surface area contributed by atoms with Gasteiger partial charge in [-0.1, -0.05) is 35.6 Å². The fourth-order valence-corrected chi connectivity index (χ4v) is 4.52. The second-order valence-electron chi connectivity index (χ2n) is 6.84. The molecule has 0 unspecified atom stereocenters. The zero-order valence-corrected chi connectivity index (χ0v) is 15.7. The molecule has 1 aliphatic heterocycles. The summed E-state index contributed by atoms with van der Waals surface area (Å²) in [4.78, 5) is 21.9. The van der Waals surface area contributed by atoms with Crippen molar-refractivity contribution in [2.45, 2.75) is 25.3 Å². The van der Waals surface area contributed by atoms with Crippen molar-refractivity contribution in [1.82, 2.24) is 10.3 Å². The topological polar surface area (TPSA) is 66.4 Å². The van der Waals surface area contributed by atoms with Crippen LogP contribution < -0.4 is 10.6 Å². The van der Waals surface area contributed by atoms with Gasteiger partial charge >= 0.3 is 0 Å². The lowest BCUT2D eigenvalue weighted by Crippen LogP contribution is -2.38. The van der Waals surface area contributed by atoms with Gasteiger partial charge in [-0.15, -0.1) is 0 Å². The quantitative estimate of drug-likeness (QED) is 0.671. The predicted octanol–water partition coefficient (Wildman–Crippen LogP) is 4.55. The first-order chi connectivity index (χ1) is 13.7. The summed E-state index contributed by atoms with van der Waals surface area (Å²) in [5.74, 6) is 0.353. The third kappa shape index (κ3) is 3.07. The van der Waals surface area contributed by atoms with Crippen LogP contribution in [0.2, 0.25) is 0 Å². The smallest absolute Gasteiger partial charge is 0.202 e. The molecule has 5 nitrogen and oxygen atoms in total. The van der Waals surface area contributed by atoms with Gasteiger partial charge in [-0.05, 0) is 42.7 Å². The van der Waals surface area contributed by atoms with Gasteiger partial charge in [0.25, 0.3) is 0 Å². The van der Waals surface area contributed by atoms with E-state index in [-0.39, 0.29) is 11.6 Å². The van der Waals surface area contributed by atoms with Crippen LogP contribution in [0.5, 0.6) is 0 Å². The number of halogens is 1. The van der Waals surface area contributed by atoms with Crippen molar-refractivity contribution in [3.8, 4) is 0 Å². The van der Waals surface area contributed by atoms with E-state index in [1.54, 1.807) is 23.5 Å². The molecule has 0 spiro atoms. The number of carbonyl (C=O) groups excluding carboxylic acids is 1. The van der Waals surface area contributed by atoms with Crippen LogP contribution in [0, 0.1) is 5.82 Å². The van der Waals surface area contributed by atoms with E-state index < -0.39 is 6.04 Å². The van der Waals surface area contributed by atoms with E-state index in [0.717, 1.165) is 39.5 Å². The largest absolute Gasteiger partial charge is 0.329 e. The first kappa shape index (κ1) is 17.1. The van der Waals surface area contributed by atoms with Gasteiger partial charge in [-0.2, -0.15) is 0 Å². The molecule has 2 aliphatic rings. The molecule has 0 amide bonds. The van der Waals surface area contributed by atoms with Crippen molar-refractivity contribution in [3.05, 3.63) is 71.2 Å². The maximum absolute atomic E-state index is 13.4. The number of thiazole rings is 1. The number of allylic oxidation sites excluding steroid dienone is 1. The number of ketones is 1. The van der Waals surface area contributed by atoms with Gasteiger partial charge in [0.1, 0.15) is 11.9 Å². The molecule has 0 radical (unpaired) electrons. The van der Waals surface area contributed by atoms with Gasteiger partial charge in [0.05, 0.1) is 10.2 Å². The number of hydrogen-bond acceptors (Lipinski definition) is 6. The molecule has 2 N–H and O–H groups in total. The van der Waals surface area contributed by atoms with Crippen molar-refractivity contribution in [2.75, 3.05) is 5.32 Å². The van der Waals surface area contributed by atoms with Gasteiger partial charge in [-0.25, -0.2) is 14.4 Å². The number of Topliss-reactive ketones (excluding diaryl/α,β-unsaturated/α-hetero) is 1. The summed E-state index contributed by atoms with van der Waals surface area (Å²) in [6.07, 6.45) is 2.13. The molecule has 0 bridgehead atoms. The number of anilines is 1. The van der Waals surface area contributed by atoms with E-state index in [1.807, 2.05) is 24.3 Å². The summed E-state index contributed by atoms with van der Waals surface area (Å²) < 4.78 is 14.5. The summed E-state index contributed by atoms with van der Waals surface area (Å²) in [6.45, 7) is 0. The Bertz CT molecular complexity index is 1100. The molecule has 5 rings (SSSR count). The predicted molar refractivity (Wildman–Crippen MR) is 109 cm³/mol. The molecular weight excluding hydrogens is 375 g/mol. The third-order valence-corrected chi connectivity index (χ3v) is 5.91. The highest BCUT2D eigenvalue weighted by atomic mass is 32.1. The van der Waals surface area contributed by atoms with Crippen molar-refractivity contribution in [3.63, 3.8) is 0 Å². The first-order valence-corrected chi connectivity index (χ1v) is 9.98. The van der Waals surface area contributed by atoms with Crippen LogP contribution in [0.3, 0.4) is 0 Å². The number of para-hydroxylation sites is 1. The van der Waals surface area contributed by atoms with Gasteiger partial charge in [0, 0.05) is 17.7 Å². The highest BCUT2D eigenvalue weighted by Crippen LogP contribution is 2.36. The van der Waals surface area contributed by atoms with E-state index in [9.17, 15) is 9.18 Å². The molecule has 7 heteroatoms. The summed E-state index contributed by atoms with van der Waals surface area (Å²) >= 11 is 1.54.